The molecule has 138 valence electrons. The van der Waals surface area contributed by atoms with Crippen LogP contribution in [0.4, 0.5) is 0 Å². The highest BCUT2D eigenvalue weighted by Gasteiger charge is 2.30. The minimum absolute atomic E-state index is 0.107. The van der Waals surface area contributed by atoms with Crippen LogP contribution in [0.25, 0.3) is 0 Å². The molecule has 0 spiro atoms. The molecule has 0 aliphatic carbocycles. The third-order valence-electron chi connectivity index (χ3n) is 4.20. The zero-order valence-electron chi connectivity index (χ0n) is 14.1. The molecule has 0 atom stereocenters. The number of nitrogens with zero attached hydrogens (tertiary/aromatic N) is 3. The Kier molecular flexibility index (Phi) is 5.45. The highest BCUT2D eigenvalue weighted by molar-refractivity contribution is 7.89. The normalized spacial score (nSPS) is 15.7. The van der Waals surface area contributed by atoms with Crippen molar-refractivity contribution in [3.63, 3.8) is 0 Å². The third-order valence-corrected chi connectivity index (χ3v) is 6.39. The molecule has 1 amide bonds. The van der Waals surface area contributed by atoms with Gasteiger partial charge in [-0.25, -0.2) is 8.42 Å². The Hall–Kier alpha value is -2.16. The van der Waals surface area contributed by atoms with E-state index in [9.17, 15) is 13.2 Å². The number of piperazine rings is 1. The molecule has 26 heavy (non-hydrogen) atoms. The molecule has 1 fully saturated rings. The summed E-state index contributed by atoms with van der Waals surface area (Å²) >= 11 is 6.04. The van der Waals surface area contributed by atoms with E-state index in [4.69, 9.17) is 16.3 Å². The Bertz CT molecular complexity index is 897. The third kappa shape index (κ3) is 3.67. The first-order valence-corrected chi connectivity index (χ1v) is 9.78. The van der Waals surface area contributed by atoms with E-state index in [0.717, 1.165) is 0 Å². The molecule has 2 aromatic rings. The predicted molar refractivity (Wildman–Crippen MR) is 96.9 cm³/mol. The molecule has 1 saturated heterocycles. The second kappa shape index (κ2) is 7.61. The smallest absolute Gasteiger partial charge is 0.255 e. The topological polar surface area (TPSA) is 79.8 Å². The molecule has 0 bridgehead atoms. The number of hydrogen-bond donors (Lipinski definition) is 0. The van der Waals surface area contributed by atoms with E-state index < -0.39 is 10.0 Å². The lowest BCUT2D eigenvalue weighted by atomic mass is 10.2. The van der Waals surface area contributed by atoms with Gasteiger partial charge in [0, 0.05) is 38.6 Å². The summed E-state index contributed by atoms with van der Waals surface area (Å²) in [5.74, 6) is 0.264. The lowest BCUT2D eigenvalue weighted by molar-refractivity contribution is 0.0697. The second-order valence-electron chi connectivity index (χ2n) is 5.73. The summed E-state index contributed by atoms with van der Waals surface area (Å²) in [4.78, 5) is 18.1. The predicted octanol–water partition coefficient (Wildman–Crippen LogP) is 1.89. The first-order valence-electron chi connectivity index (χ1n) is 7.96. The highest BCUT2D eigenvalue weighted by atomic mass is 35.5. The molecule has 0 saturated carbocycles. The first kappa shape index (κ1) is 18.6. The standard InChI is InChI=1S/C17H18ClN3O4S/c1-25-16-5-4-14(11-15(16)18)26(23,24)21-9-7-20(8-10-21)17(22)13-3-2-6-19-12-13/h2-6,11-12H,7-10H2,1H3. The molecule has 0 radical (unpaired) electrons. The van der Waals surface area contributed by atoms with Gasteiger partial charge in [-0.1, -0.05) is 11.6 Å². The summed E-state index contributed by atoms with van der Waals surface area (Å²) < 4.78 is 32.0. The van der Waals surface area contributed by atoms with Gasteiger partial charge in [-0.3, -0.25) is 9.78 Å². The van der Waals surface area contributed by atoms with Crippen LogP contribution in [-0.2, 0) is 10.0 Å². The van der Waals surface area contributed by atoms with Gasteiger partial charge in [-0.15, -0.1) is 0 Å². The van der Waals surface area contributed by atoms with Gasteiger partial charge < -0.3 is 9.64 Å². The van der Waals surface area contributed by atoms with E-state index in [1.807, 2.05) is 0 Å². The van der Waals surface area contributed by atoms with Gasteiger partial charge in [0.1, 0.15) is 5.75 Å². The van der Waals surface area contributed by atoms with Gasteiger partial charge in [-0.2, -0.15) is 4.31 Å². The molecule has 1 aliphatic heterocycles. The van der Waals surface area contributed by atoms with Gasteiger partial charge in [-0.05, 0) is 30.3 Å². The van der Waals surface area contributed by atoms with Crippen molar-refractivity contribution in [2.24, 2.45) is 0 Å². The number of halogens is 1. The minimum atomic E-state index is -3.68. The SMILES string of the molecule is COc1ccc(S(=O)(=O)N2CCN(C(=O)c3cccnc3)CC2)cc1Cl. The van der Waals surface area contributed by atoms with Crippen LogP contribution in [0.5, 0.6) is 5.75 Å². The molecule has 9 heteroatoms. The summed E-state index contributed by atoms with van der Waals surface area (Å²) in [7, 11) is -2.21. The lowest BCUT2D eigenvalue weighted by Crippen LogP contribution is -2.50. The minimum Gasteiger partial charge on any atom is -0.495 e. The Balaban J connectivity index is 1.71. The Morgan fingerprint density at radius 2 is 1.92 bits per heavy atom. The highest BCUT2D eigenvalue weighted by Crippen LogP contribution is 2.28. The maximum absolute atomic E-state index is 12.8. The van der Waals surface area contributed by atoms with E-state index in [1.165, 1.54) is 35.8 Å². The van der Waals surface area contributed by atoms with Crippen molar-refractivity contribution in [1.82, 2.24) is 14.2 Å². The van der Waals surface area contributed by atoms with Crippen LogP contribution in [0.15, 0.2) is 47.6 Å². The van der Waals surface area contributed by atoms with E-state index in [0.29, 0.717) is 24.4 Å². The number of carbonyl (C=O) groups is 1. The van der Waals surface area contributed by atoms with Gasteiger partial charge >= 0.3 is 0 Å². The Labute approximate surface area is 157 Å². The van der Waals surface area contributed by atoms with Crippen molar-refractivity contribution in [2.75, 3.05) is 33.3 Å². The zero-order valence-corrected chi connectivity index (χ0v) is 15.7. The maximum Gasteiger partial charge on any atom is 0.255 e. The van der Waals surface area contributed by atoms with Gasteiger partial charge in [0.15, 0.2) is 0 Å². The van der Waals surface area contributed by atoms with Crippen LogP contribution in [-0.4, -0.2) is 61.8 Å². The fraction of sp³-hybridized carbons (Fsp3) is 0.294. The molecule has 1 aromatic heterocycles. The van der Waals surface area contributed by atoms with E-state index in [2.05, 4.69) is 4.98 Å². The molecule has 0 unspecified atom stereocenters. The summed E-state index contributed by atoms with van der Waals surface area (Å²) in [5, 5.41) is 0.235. The first-order chi connectivity index (χ1) is 12.4. The van der Waals surface area contributed by atoms with Crippen molar-refractivity contribution < 1.29 is 17.9 Å². The number of rotatable bonds is 4. The van der Waals surface area contributed by atoms with E-state index >= 15 is 0 Å². The van der Waals surface area contributed by atoms with Crippen LogP contribution in [0, 0.1) is 0 Å². The number of carbonyl (C=O) groups excluding carboxylic acids is 1. The number of benzene rings is 1. The fourth-order valence-electron chi connectivity index (χ4n) is 2.76. The van der Waals surface area contributed by atoms with Crippen LogP contribution in [0.1, 0.15) is 10.4 Å². The Morgan fingerprint density at radius 3 is 2.50 bits per heavy atom. The van der Waals surface area contributed by atoms with Crippen LogP contribution in [0.3, 0.4) is 0 Å². The maximum atomic E-state index is 12.8. The van der Waals surface area contributed by atoms with Gasteiger partial charge in [0.05, 0.1) is 22.6 Å². The molecule has 1 aromatic carbocycles. The average Bonchev–Trinajstić information content (AvgIpc) is 2.68. The fourth-order valence-corrected chi connectivity index (χ4v) is 4.53. The number of amides is 1. The summed E-state index contributed by atoms with van der Waals surface area (Å²) in [5.41, 5.74) is 0.491. The number of methoxy groups -OCH3 is 1. The van der Waals surface area contributed by atoms with E-state index in [-0.39, 0.29) is 28.9 Å². The molecular formula is C17H18ClN3O4S. The summed E-state index contributed by atoms with van der Waals surface area (Å²) in [6, 6.07) is 7.76. The molecule has 0 N–H and O–H groups in total. The van der Waals surface area contributed by atoms with Crippen LogP contribution >= 0.6 is 11.6 Å². The van der Waals surface area contributed by atoms with Crippen molar-refractivity contribution in [3.05, 3.63) is 53.3 Å². The molecular weight excluding hydrogens is 378 g/mol. The van der Waals surface area contributed by atoms with Gasteiger partial charge in [0.2, 0.25) is 10.0 Å². The summed E-state index contributed by atoms with van der Waals surface area (Å²) in [6.45, 7) is 1.07. The van der Waals surface area contributed by atoms with E-state index in [1.54, 1.807) is 23.2 Å². The summed E-state index contributed by atoms with van der Waals surface area (Å²) in [6.07, 6.45) is 3.10. The van der Waals surface area contributed by atoms with Crippen molar-refractivity contribution in [1.29, 1.82) is 0 Å². The van der Waals surface area contributed by atoms with Crippen molar-refractivity contribution in [2.45, 2.75) is 4.90 Å². The van der Waals surface area contributed by atoms with Gasteiger partial charge in [0.25, 0.3) is 5.91 Å². The number of aromatic nitrogens is 1. The number of sulfonamides is 1. The van der Waals surface area contributed by atoms with Crippen molar-refractivity contribution in [3.8, 4) is 5.75 Å². The quantitative estimate of drug-likeness (QED) is 0.789. The monoisotopic (exact) mass is 395 g/mol. The van der Waals surface area contributed by atoms with Crippen molar-refractivity contribution >= 4 is 27.5 Å². The molecule has 1 aliphatic rings. The second-order valence-corrected chi connectivity index (χ2v) is 8.08. The number of hydrogen-bond acceptors (Lipinski definition) is 5. The van der Waals surface area contributed by atoms with Crippen LogP contribution < -0.4 is 4.74 Å². The largest absolute Gasteiger partial charge is 0.495 e. The molecule has 2 heterocycles. The number of pyridine rings is 1. The van der Waals surface area contributed by atoms with Crippen LogP contribution in [0.2, 0.25) is 5.02 Å². The average molecular weight is 396 g/mol. The Morgan fingerprint density at radius 1 is 1.19 bits per heavy atom. The molecule has 3 rings (SSSR count). The zero-order chi connectivity index (χ0) is 18.7. The number of ether oxygens (including phenoxy) is 1. The molecule has 7 nitrogen and oxygen atoms in total. The lowest BCUT2D eigenvalue weighted by Gasteiger charge is -2.34.